The lowest BCUT2D eigenvalue weighted by atomic mass is 10.4. The minimum absolute atomic E-state index is 0.0711. The molecule has 0 aromatic heterocycles. The molecule has 0 saturated carbocycles. The van der Waals surface area contributed by atoms with Crippen LogP contribution in [0.1, 0.15) is 13.3 Å². The number of amides is 1. The standard InChI is InChI=1S/C7H17N5O/c1-3-4-10-6(13)5-11-7(9-2)12-8/h3-5,8H2,1-2H3,(H,10,13)(H2,9,11,12). The predicted octanol–water partition coefficient (Wildman–Crippen LogP) is -1.45. The van der Waals surface area contributed by atoms with Crippen molar-refractivity contribution in [2.75, 3.05) is 20.1 Å². The molecule has 0 aromatic rings. The lowest BCUT2D eigenvalue weighted by Gasteiger charge is -2.07. The normalized spacial score (nSPS) is 10.8. The van der Waals surface area contributed by atoms with Crippen molar-refractivity contribution in [3.63, 3.8) is 0 Å². The molecule has 0 fully saturated rings. The van der Waals surface area contributed by atoms with Crippen LogP contribution >= 0.6 is 0 Å². The second-order valence-electron chi connectivity index (χ2n) is 2.42. The van der Waals surface area contributed by atoms with E-state index >= 15 is 0 Å². The molecule has 0 saturated heterocycles. The molecule has 0 bridgehead atoms. The molecule has 0 aromatic carbocycles. The molecule has 0 spiro atoms. The van der Waals surface area contributed by atoms with Gasteiger partial charge in [0.25, 0.3) is 0 Å². The number of aliphatic imine (C=N–C) groups is 1. The Morgan fingerprint density at radius 1 is 1.46 bits per heavy atom. The Morgan fingerprint density at radius 2 is 2.15 bits per heavy atom. The number of nitrogens with two attached hydrogens (primary N) is 1. The highest BCUT2D eigenvalue weighted by Crippen LogP contribution is 1.71. The topological polar surface area (TPSA) is 91.5 Å². The minimum Gasteiger partial charge on any atom is -0.355 e. The van der Waals surface area contributed by atoms with Gasteiger partial charge in [0.05, 0.1) is 6.54 Å². The van der Waals surface area contributed by atoms with Crippen LogP contribution in [0.2, 0.25) is 0 Å². The third kappa shape index (κ3) is 5.92. The fourth-order valence-electron chi connectivity index (χ4n) is 0.686. The third-order valence-electron chi connectivity index (χ3n) is 1.35. The van der Waals surface area contributed by atoms with Gasteiger partial charge >= 0.3 is 0 Å². The van der Waals surface area contributed by atoms with Gasteiger partial charge in [0.2, 0.25) is 11.9 Å². The Labute approximate surface area is 77.9 Å². The number of hydrogen-bond donors (Lipinski definition) is 4. The zero-order valence-corrected chi connectivity index (χ0v) is 8.05. The Morgan fingerprint density at radius 3 is 2.62 bits per heavy atom. The summed E-state index contributed by atoms with van der Waals surface area (Å²) in [7, 11) is 1.58. The van der Waals surface area contributed by atoms with Gasteiger partial charge in [-0.3, -0.25) is 15.2 Å². The Bertz CT molecular complexity index is 180. The molecule has 0 aliphatic carbocycles. The van der Waals surface area contributed by atoms with E-state index in [1.807, 2.05) is 6.92 Å². The number of rotatable bonds is 4. The second kappa shape index (κ2) is 7.35. The third-order valence-corrected chi connectivity index (χ3v) is 1.35. The van der Waals surface area contributed by atoms with Crippen molar-refractivity contribution in [3.05, 3.63) is 0 Å². The lowest BCUT2D eigenvalue weighted by molar-refractivity contribution is -0.120. The highest BCUT2D eigenvalue weighted by atomic mass is 16.1. The van der Waals surface area contributed by atoms with Crippen molar-refractivity contribution in [2.24, 2.45) is 10.8 Å². The molecule has 0 radical (unpaired) electrons. The summed E-state index contributed by atoms with van der Waals surface area (Å²) in [5.74, 6) is 5.42. The zero-order valence-electron chi connectivity index (χ0n) is 8.05. The van der Waals surface area contributed by atoms with Crippen LogP contribution in [0.5, 0.6) is 0 Å². The Kier molecular flexibility index (Phi) is 6.62. The van der Waals surface area contributed by atoms with Gasteiger partial charge in [-0.25, -0.2) is 5.84 Å². The molecule has 0 atom stereocenters. The van der Waals surface area contributed by atoms with E-state index in [1.54, 1.807) is 7.05 Å². The number of guanidine groups is 1. The Balaban J connectivity index is 3.57. The summed E-state index contributed by atoms with van der Waals surface area (Å²) in [4.78, 5) is 14.8. The average Bonchev–Trinajstić information content (AvgIpc) is 2.16. The quantitative estimate of drug-likeness (QED) is 0.187. The first-order chi connectivity index (χ1) is 6.24. The van der Waals surface area contributed by atoms with E-state index in [9.17, 15) is 4.79 Å². The summed E-state index contributed by atoms with van der Waals surface area (Å²) < 4.78 is 0. The van der Waals surface area contributed by atoms with E-state index < -0.39 is 0 Å². The van der Waals surface area contributed by atoms with Gasteiger partial charge in [-0.05, 0) is 6.42 Å². The number of hydrazine groups is 1. The van der Waals surface area contributed by atoms with Crippen molar-refractivity contribution in [1.29, 1.82) is 0 Å². The number of nitrogens with zero attached hydrogens (tertiary/aromatic N) is 1. The SMILES string of the molecule is CCCNC(=O)CNC(=NC)NN. The maximum atomic E-state index is 11.0. The maximum absolute atomic E-state index is 11.0. The van der Waals surface area contributed by atoms with E-state index in [0.29, 0.717) is 12.5 Å². The largest absolute Gasteiger partial charge is 0.355 e. The summed E-state index contributed by atoms with van der Waals surface area (Å²) in [5.41, 5.74) is 2.32. The van der Waals surface area contributed by atoms with E-state index in [4.69, 9.17) is 5.84 Å². The molecular weight excluding hydrogens is 170 g/mol. The fourth-order valence-corrected chi connectivity index (χ4v) is 0.686. The maximum Gasteiger partial charge on any atom is 0.239 e. The highest BCUT2D eigenvalue weighted by molar-refractivity contribution is 5.85. The Hall–Kier alpha value is -1.30. The van der Waals surface area contributed by atoms with Crippen LogP contribution in [0.25, 0.3) is 0 Å². The van der Waals surface area contributed by atoms with Gasteiger partial charge in [-0.15, -0.1) is 0 Å². The highest BCUT2D eigenvalue weighted by Gasteiger charge is 2.00. The molecule has 0 aliphatic rings. The summed E-state index contributed by atoms with van der Waals surface area (Å²) in [5, 5.41) is 5.44. The molecule has 0 aliphatic heterocycles. The van der Waals surface area contributed by atoms with Gasteiger partial charge in [0.15, 0.2) is 0 Å². The predicted molar refractivity (Wildman–Crippen MR) is 52.0 cm³/mol. The monoisotopic (exact) mass is 187 g/mol. The molecule has 6 heteroatoms. The second-order valence-corrected chi connectivity index (χ2v) is 2.42. The molecule has 5 N–H and O–H groups in total. The first-order valence-electron chi connectivity index (χ1n) is 4.18. The molecule has 0 rings (SSSR count). The summed E-state index contributed by atoms with van der Waals surface area (Å²) in [6.07, 6.45) is 0.926. The first-order valence-corrected chi connectivity index (χ1v) is 4.18. The van der Waals surface area contributed by atoms with E-state index in [1.165, 1.54) is 0 Å². The number of carbonyl (C=O) groups excluding carboxylic acids is 1. The fraction of sp³-hybridized carbons (Fsp3) is 0.714. The number of carbonyl (C=O) groups is 1. The van der Waals surface area contributed by atoms with Crippen LogP contribution in [0.3, 0.4) is 0 Å². The van der Waals surface area contributed by atoms with Crippen LogP contribution in [-0.4, -0.2) is 32.0 Å². The molecule has 0 heterocycles. The molecular formula is C7H17N5O. The molecule has 13 heavy (non-hydrogen) atoms. The van der Waals surface area contributed by atoms with Crippen LogP contribution in [0.15, 0.2) is 4.99 Å². The summed E-state index contributed by atoms with van der Waals surface area (Å²) in [6, 6.07) is 0. The van der Waals surface area contributed by atoms with Gasteiger partial charge < -0.3 is 10.6 Å². The average molecular weight is 187 g/mol. The van der Waals surface area contributed by atoms with Gasteiger partial charge in [-0.1, -0.05) is 6.92 Å². The summed E-state index contributed by atoms with van der Waals surface area (Å²) in [6.45, 7) is 2.86. The van der Waals surface area contributed by atoms with Crippen LogP contribution in [0.4, 0.5) is 0 Å². The van der Waals surface area contributed by atoms with Crippen LogP contribution in [0, 0.1) is 0 Å². The first kappa shape index (κ1) is 11.7. The van der Waals surface area contributed by atoms with E-state index in [2.05, 4.69) is 21.1 Å². The number of nitrogens with one attached hydrogen (secondary N) is 3. The van der Waals surface area contributed by atoms with Crippen LogP contribution < -0.4 is 21.9 Å². The molecule has 76 valence electrons. The van der Waals surface area contributed by atoms with Crippen molar-refractivity contribution >= 4 is 11.9 Å². The zero-order chi connectivity index (χ0) is 10.1. The molecule has 0 unspecified atom stereocenters. The van der Waals surface area contributed by atoms with Crippen molar-refractivity contribution in [3.8, 4) is 0 Å². The van der Waals surface area contributed by atoms with Crippen molar-refractivity contribution < 1.29 is 4.79 Å². The summed E-state index contributed by atoms with van der Waals surface area (Å²) >= 11 is 0. The lowest BCUT2D eigenvalue weighted by Crippen LogP contribution is -2.45. The minimum atomic E-state index is -0.0711. The van der Waals surface area contributed by atoms with Crippen LogP contribution in [-0.2, 0) is 4.79 Å². The van der Waals surface area contributed by atoms with Gasteiger partial charge in [0.1, 0.15) is 0 Å². The van der Waals surface area contributed by atoms with E-state index in [0.717, 1.165) is 6.42 Å². The van der Waals surface area contributed by atoms with Gasteiger partial charge in [-0.2, -0.15) is 0 Å². The number of hydrogen-bond acceptors (Lipinski definition) is 3. The van der Waals surface area contributed by atoms with Crippen molar-refractivity contribution in [1.82, 2.24) is 16.1 Å². The van der Waals surface area contributed by atoms with Crippen molar-refractivity contribution in [2.45, 2.75) is 13.3 Å². The smallest absolute Gasteiger partial charge is 0.239 e. The van der Waals surface area contributed by atoms with E-state index in [-0.39, 0.29) is 12.5 Å². The molecule has 6 nitrogen and oxygen atoms in total. The molecule has 1 amide bonds. The van der Waals surface area contributed by atoms with Gasteiger partial charge in [0, 0.05) is 13.6 Å².